The van der Waals surface area contributed by atoms with Crippen molar-refractivity contribution in [1.29, 1.82) is 0 Å². The first kappa shape index (κ1) is 30.3. The van der Waals surface area contributed by atoms with Crippen LogP contribution in [0, 0.1) is 6.92 Å². The average Bonchev–Trinajstić information content (AvgIpc) is 3.48. The lowest BCUT2D eigenvalue weighted by Gasteiger charge is -2.33. The standard InChI is InChI=1S/C32H39N3O5S/c1-24-16-18-29(19-17-24)41(38,39)34(2)23-31(36)35(22-26-12-9-15-28(20-26)40-3)30(21-25-10-5-4-6-11-25)32(37)33-27-13-7-8-14-27/h4-6,9-12,15-20,27,30H,7-8,13-14,21-23H2,1-3H3,(H,33,37)/t30-/m1/s1. The van der Waals surface area contributed by atoms with Crippen LogP contribution in [-0.2, 0) is 32.6 Å². The molecule has 0 saturated heterocycles. The van der Waals surface area contributed by atoms with Crippen molar-refractivity contribution in [2.45, 2.75) is 62.6 Å². The Kier molecular flexibility index (Phi) is 10.2. The number of carbonyl (C=O) groups excluding carboxylic acids is 2. The molecule has 3 aromatic carbocycles. The molecule has 0 aromatic heterocycles. The minimum absolute atomic E-state index is 0.0686. The minimum Gasteiger partial charge on any atom is -0.497 e. The van der Waals surface area contributed by atoms with Gasteiger partial charge in [0, 0.05) is 26.1 Å². The summed E-state index contributed by atoms with van der Waals surface area (Å²) in [5.74, 6) is -0.0708. The van der Waals surface area contributed by atoms with Gasteiger partial charge in [0.1, 0.15) is 11.8 Å². The fourth-order valence-corrected chi connectivity index (χ4v) is 6.27. The molecular weight excluding hydrogens is 538 g/mol. The highest BCUT2D eigenvalue weighted by Gasteiger charge is 2.34. The van der Waals surface area contributed by atoms with Gasteiger partial charge in [0.25, 0.3) is 0 Å². The SMILES string of the molecule is COc1cccc(CN(C(=O)CN(C)S(=O)(=O)c2ccc(C)cc2)[C@H](Cc2ccccc2)C(=O)NC2CCCC2)c1. The lowest BCUT2D eigenvalue weighted by atomic mass is 10.0. The third kappa shape index (κ3) is 7.95. The van der Waals surface area contributed by atoms with Crippen molar-refractivity contribution < 1.29 is 22.7 Å². The smallest absolute Gasteiger partial charge is 0.243 e. The van der Waals surface area contributed by atoms with Crippen molar-refractivity contribution in [3.8, 4) is 5.75 Å². The first-order valence-corrected chi connectivity index (χ1v) is 15.4. The number of benzene rings is 3. The molecule has 0 radical (unpaired) electrons. The fraction of sp³-hybridized carbons (Fsp3) is 0.375. The molecule has 0 unspecified atom stereocenters. The summed E-state index contributed by atoms with van der Waals surface area (Å²) < 4.78 is 33.1. The van der Waals surface area contributed by atoms with Gasteiger partial charge in [-0.3, -0.25) is 9.59 Å². The number of amides is 2. The van der Waals surface area contributed by atoms with E-state index in [0.29, 0.717) is 12.2 Å². The highest BCUT2D eigenvalue weighted by Crippen LogP contribution is 2.22. The van der Waals surface area contributed by atoms with Crippen LogP contribution in [0.25, 0.3) is 0 Å². The maximum absolute atomic E-state index is 14.0. The van der Waals surface area contributed by atoms with E-state index in [9.17, 15) is 18.0 Å². The van der Waals surface area contributed by atoms with Crippen molar-refractivity contribution in [2.75, 3.05) is 20.7 Å². The van der Waals surface area contributed by atoms with E-state index < -0.39 is 28.5 Å². The van der Waals surface area contributed by atoms with E-state index in [1.54, 1.807) is 19.2 Å². The summed E-state index contributed by atoms with van der Waals surface area (Å²) in [4.78, 5) is 29.5. The molecule has 1 N–H and O–H groups in total. The van der Waals surface area contributed by atoms with Gasteiger partial charge in [-0.15, -0.1) is 0 Å². The van der Waals surface area contributed by atoms with Gasteiger partial charge in [0.05, 0.1) is 18.6 Å². The van der Waals surface area contributed by atoms with Crippen LogP contribution in [0.15, 0.2) is 83.8 Å². The van der Waals surface area contributed by atoms with Crippen molar-refractivity contribution >= 4 is 21.8 Å². The summed E-state index contributed by atoms with van der Waals surface area (Å²) >= 11 is 0. The zero-order valence-electron chi connectivity index (χ0n) is 24.0. The number of ether oxygens (including phenoxy) is 1. The quantitative estimate of drug-likeness (QED) is 0.346. The number of carbonyl (C=O) groups is 2. The molecule has 1 aliphatic rings. The number of nitrogens with zero attached hydrogens (tertiary/aromatic N) is 2. The number of hydrogen-bond donors (Lipinski definition) is 1. The Morgan fingerprint density at radius 1 is 0.951 bits per heavy atom. The number of nitrogens with one attached hydrogen (secondary N) is 1. The molecule has 0 heterocycles. The van der Waals surface area contributed by atoms with Gasteiger partial charge in [-0.05, 0) is 55.2 Å². The van der Waals surface area contributed by atoms with Crippen LogP contribution in [0.1, 0.15) is 42.4 Å². The second-order valence-corrected chi connectivity index (χ2v) is 12.7. The Morgan fingerprint density at radius 3 is 2.27 bits per heavy atom. The monoisotopic (exact) mass is 577 g/mol. The fourth-order valence-electron chi connectivity index (χ4n) is 5.15. The Labute approximate surface area is 243 Å². The molecule has 2 amide bonds. The summed E-state index contributed by atoms with van der Waals surface area (Å²) in [6.07, 6.45) is 4.23. The van der Waals surface area contributed by atoms with Crippen LogP contribution in [0.3, 0.4) is 0 Å². The highest BCUT2D eigenvalue weighted by molar-refractivity contribution is 7.89. The van der Waals surface area contributed by atoms with Crippen molar-refractivity contribution in [2.24, 2.45) is 0 Å². The van der Waals surface area contributed by atoms with Gasteiger partial charge in [-0.25, -0.2) is 8.42 Å². The molecule has 1 aliphatic carbocycles. The third-order valence-corrected chi connectivity index (χ3v) is 9.36. The Bertz CT molecular complexity index is 1420. The van der Waals surface area contributed by atoms with E-state index in [2.05, 4.69) is 5.32 Å². The first-order valence-electron chi connectivity index (χ1n) is 14.0. The third-order valence-electron chi connectivity index (χ3n) is 7.55. The lowest BCUT2D eigenvalue weighted by Crippen LogP contribution is -2.54. The number of rotatable bonds is 12. The van der Waals surface area contributed by atoms with Gasteiger partial charge in [0.15, 0.2) is 0 Å². The Hall–Kier alpha value is -3.69. The molecule has 1 atom stereocenters. The number of sulfonamides is 1. The molecule has 0 spiro atoms. The number of hydrogen-bond acceptors (Lipinski definition) is 5. The molecule has 0 bridgehead atoms. The number of likely N-dealkylation sites (N-methyl/N-ethyl adjacent to an activating group) is 1. The van der Waals surface area contributed by atoms with Gasteiger partial charge < -0.3 is 15.0 Å². The topological polar surface area (TPSA) is 96.0 Å². The molecule has 9 heteroatoms. The zero-order chi connectivity index (χ0) is 29.4. The van der Waals surface area contributed by atoms with E-state index >= 15 is 0 Å². The van der Waals surface area contributed by atoms with Crippen molar-refractivity contribution in [1.82, 2.24) is 14.5 Å². The van der Waals surface area contributed by atoms with E-state index in [-0.39, 0.29) is 23.4 Å². The zero-order valence-corrected chi connectivity index (χ0v) is 24.8. The second-order valence-electron chi connectivity index (χ2n) is 10.6. The highest BCUT2D eigenvalue weighted by atomic mass is 32.2. The number of methoxy groups -OCH3 is 1. The maximum atomic E-state index is 14.0. The minimum atomic E-state index is -3.93. The van der Waals surface area contributed by atoms with Crippen LogP contribution in [0.2, 0.25) is 0 Å². The molecule has 4 rings (SSSR count). The summed E-state index contributed by atoms with van der Waals surface area (Å²) in [5, 5.41) is 3.17. The van der Waals surface area contributed by atoms with Gasteiger partial charge >= 0.3 is 0 Å². The van der Waals surface area contributed by atoms with Gasteiger partial charge in [-0.1, -0.05) is 73.0 Å². The van der Waals surface area contributed by atoms with E-state index in [0.717, 1.165) is 46.7 Å². The van der Waals surface area contributed by atoms with Crippen LogP contribution in [0.4, 0.5) is 0 Å². The van der Waals surface area contributed by atoms with Gasteiger partial charge in [-0.2, -0.15) is 4.31 Å². The molecule has 3 aromatic rings. The van der Waals surface area contributed by atoms with Crippen LogP contribution in [0.5, 0.6) is 5.75 Å². The molecular formula is C32H39N3O5S. The summed E-state index contributed by atoms with van der Waals surface area (Å²) in [6, 6.07) is 22.6. The van der Waals surface area contributed by atoms with Gasteiger partial charge in [0.2, 0.25) is 21.8 Å². The van der Waals surface area contributed by atoms with Crippen molar-refractivity contribution in [3.63, 3.8) is 0 Å². The molecule has 0 aliphatic heterocycles. The number of aryl methyl sites for hydroxylation is 1. The molecule has 218 valence electrons. The predicted octanol–water partition coefficient (Wildman–Crippen LogP) is 4.32. The largest absolute Gasteiger partial charge is 0.497 e. The van der Waals surface area contributed by atoms with Crippen LogP contribution >= 0.6 is 0 Å². The molecule has 1 saturated carbocycles. The Morgan fingerprint density at radius 2 is 1.61 bits per heavy atom. The molecule has 8 nitrogen and oxygen atoms in total. The summed E-state index contributed by atoms with van der Waals surface area (Å²) in [7, 11) is -0.966. The van der Waals surface area contributed by atoms with Crippen LogP contribution < -0.4 is 10.1 Å². The second kappa shape index (κ2) is 13.8. The predicted molar refractivity (Wildman–Crippen MR) is 159 cm³/mol. The van der Waals surface area contributed by atoms with Crippen molar-refractivity contribution in [3.05, 3.63) is 95.6 Å². The summed E-state index contributed by atoms with van der Waals surface area (Å²) in [6.45, 7) is 1.58. The average molecular weight is 578 g/mol. The van der Waals surface area contributed by atoms with E-state index in [4.69, 9.17) is 4.74 Å². The molecule has 41 heavy (non-hydrogen) atoms. The molecule has 1 fully saturated rings. The first-order chi connectivity index (χ1) is 19.7. The normalized spacial score (nSPS) is 14.5. The lowest BCUT2D eigenvalue weighted by molar-refractivity contribution is -0.141. The van der Waals surface area contributed by atoms with E-state index in [1.165, 1.54) is 24.1 Å². The Balaban J connectivity index is 1.67. The maximum Gasteiger partial charge on any atom is 0.243 e. The summed E-state index contributed by atoms with van der Waals surface area (Å²) in [5.41, 5.74) is 2.61. The van der Waals surface area contributed by atoms with Crippen LogP contribution in [-0.4, -0.2) is 62.2 Å². The van der Waals surface area contributed by atoms with E-state index in [1.807, 2.05) is 61.5 Å².